The molecule has 1 aromatic heterocycles. The summed E-state index contributed by atoms with van der Waals surface area (Å²) in [5.74, 6) is 1.78. The Morgan fingerprint density at radius 3 is 2.58 bits per heavy atom. The number of thioether (sulfide) groups is 1. The highest BCUT2D eigenvalue weighted by Crippen LogP contribution is 2.32. The van der Waals surface area contributed by atoms with Crippen LogP contribution in [-0.4, -0.2) is 38.9 Å². The highest BCUT2D eigenvalue weighted by Gasteiger charge is 2.21. The number of aromatic amines is 1. The van der Waals surface area contributed by atoms with E-state index in [4.69, 9.17) is 0 Å². The van der Waals surface area contributed by atoms with Crippen LogP contribution in [-0.2, 0) is 4.79 Å². The molecule has 0 spiro atoms. The molecule has 0 aliphatic heterocycles. The average molecular weight is 351 g/mol. The van der Waals surface area contributed by atoms with Crippen molar-refractivity contribution in [2.45, 2.75) is 74.9 Å². The fraction of sp³-hybridized carbons (Fsp3) is 0.750. The molecule has 0 unspecified atom stereocenters. The summed E-state index contributed by atoms with van der Waals surface area (Å²) >= 11 is 1.44. The van der Waals surface area contributed by atoms with Gasteiger partial charge in [-0.25, -0.2) is 9.78 Å². The molecule has 24 heavy (non-hydrogen) atoms. The Morgan fingerprint density at radius 1 is 1.12 bits per heavy atom. The zero-order chi connectivity index (χ0) is 16.8. The summed E-state index contributed by atoms with van der Waals surface area (Å²) in [6.45, 7) is 0. The summed E-state index contributed by atoms with van der Waals surface area (Å²) in [7, 11) is 0. The Morgan fingerprint density at radius 2 is 1.83 bits per heavy atom. The Balaban J connectivity index is 1.33. The van der Waals surface area contributed by atoms with Gasteiger partial charge in [-0.3, -0.25) is 15.2 Å². The van der Waals surface area contributed by atoms with E-state index in [0.717, 1.165) is 31.5 Å². The van der Waals surface area contributed by atoms with E-state index in [1.807, 2.05) is 0 Å². The number of nitrogens with zero attached hydrogens (tertiary/aromatic N) is 2. The number of urea groups is 1. The number of imide groups is 1. The van der Waals surface area contributed by atoms with Crippen molar-refractivity contribution in [1.82, 2.24) is 25.8 Å². The van der Waals surface area contributed by atoms with Gasteiger partial charge in [0.1, 0.15) is 5.82 Å². The predicted octanol–water partition coefficient (Wildman–Crippen LogP) is 2.71. The Bertz CT molecular complexity index is 565. The molecule has 2 aliphatic carbocycles. The van der Waals surface area contributed by atoms with Crippen LogP contribution in [0.2, 0.25) is 0 Å². The molecule has 0 saturated heterocycles. The molecule has 0 radical (unpaired) electrons. The molecule has 0 aromatic carbocycles. The summed E-state index contributed by atoms with van der Waals surface area (Å²) in [4.78, 5) is 28.0. The van der Waals surface area contributed by atoms with E-state index in [2.05, 4.69) is 25.8 Å². The first-order chi connectivity index (χ1) is 11.7. The van der Waals surface area contributed by atoms with Gasteiger partial charge >= 0.3 is 6.03 Å². The Hall–Kier alpha value is -1.57. The topological polar surface area (TPSA) is 99.8 Å². The zero-order valence-electron chi connectivity index (χ0n) is 13.8. The quantitative estimate of drug-likeness (QED) is 0.684. The van der Waals surface area contributed by atoms with Crippen LogP contribution in [0.4, 0.5) is 4.79 Å². The van der Waals surface area contributed by atoms with Crippen molar-refractivity contribution in [1.29, 1.82) is 0 Å². The lowest BCUT2D eigenvalue weighted by molar-refractivity contribution is -0.119. The first-order valence-electron chi connectivity index (χ1n) is 8.86. The molecular formula is C16H25N5O2S. The molecule has 2 saturated carbocycles. The van der Waals surface area contributed by atoms with Gasteiger partial charge < -0.3 is 5.32 Å². The van der Waals surface area contributed by atoms with Crippen molar-refractivity contribution < 1.29 is 9.59 Å². The van der Waals surface area contributed by atoms with Gasteiger partial charge in [0, 0.05) is 24.1 Å². The molecule has 0 atom stereocenters. The van der Waals surface area contributed by atoms with Gasteiger partial charge in [0.25, 0.3) is 0 Å². The Labute approximate surface area is 146 Å². The fourth-order valence-corrected chi connectivity index (χ4v) is 4.16. The molecule has 2 fully saturated rings. The normalized spacial score (nSPS) is 18.8. The lowest BCUT2D eigenvalue weighted by Crippen LogP contribution is -2.43. The first kappa shape index (κ1) is 17.3. The van der Waals surface area contributed by atoms with Gasteiger partial charge in [0.05, 0.1) is 0 Å². The van der Waals surface area contributed by atoms with Crippen molar-refractivity contribution in [2.75, 3.05) is 5.75 Å². The second kappa shape index (κ2) is 8.50. The number of carbonyl (C=O) groups excluding carboxylic acids is 2. The summed E-state index contributed by atoms with van der Waals surface area (Å²) in [6.07, 6.45) is 9.46. The highest BCUT2D eigenvalue weighted by atomic mass is 32.2. The zero-order valence-corrected chi connectivity index (χ0v) is 14.7. The summed E-state index contributed by atoms with van der Waals surface area (Å²) in [5, 5.41) is 13.1. The standard InChI is InChI=1S/C16H25N5O2S/c22-13(18-15(23)17-12-7-3-4-8-12)9-10-24-16-19-14(20-21-16)11-5-1-2-6-11/h11-12H,1-10H2,(H,19,20,21)(H2,17,18,22,23). The number of hydrogen-bond donors (Lipinski definition) is 3. The van der Waals surface area contributed by atoms with Gasteiger partial charge in [0.2, 0.25) is 11.1 Å². The number of nitrogens with one attached hydrogen (secondary N) is 3. The fourth-order valence-electron chi connectivity index (χ4n) is 3.42. The number of H-pyrrole nitrogens is 1. The van der Waals surface area contributed by atoms with E-state index < -0.39 is 0 Å². The molecular weight excluding hydrogens is 326 g/mol. The van der Waals surface area contributed by atoms with E-state index in [-0.39, 0.29) is 24.4 Å². The largest absolute Gasteiger partial charge is 0.335 e. The van der Waals surface area contributed by atoms with Crippen LogP contribution in [0.1, 0.15) is 69.5 Å². The lowest BCUT2D eigenvalue weighted by Gasteiger charge is -2.11. The van der Waals surface area contributed by atoms with Crippen LogP contribution >= 0.6 is 11.8 Å². The van der Waals surface area contributed by atoms with Crippen molar-refractivity contribution in [3.8, 4) is 0 Å². The number of carbonyl (C=O) groups is 2. The second-order valence-electron chi connectivity index (χ2n) is 6.59. The maximum absolute atomic E-state index is 11.8. The third kappa shape index (κ3) is 4.96. The molecule has 3 amide bonds. The van der Waals surface area contributed by atoms with Gasteiger partial charge in [-0.15, -0.1) is 5.10 Å². The van der Waals surface area contributed by atoms with Crippen LogP contribution in [0.5, 0.6) is 0 Å². The smallest absolute Gasteiger partial charge is 0.321 e. The van der Waals surface area contributed by atoms with E-state index in [1.165, 1.54) is 37.4 Å². The molecule has 3 N–H and O–H groups in total. The number of aromatic nitrogens is 3. The third-order valence-electron chi connectivity index (χ3n) is 4.73. The van der Waals surface area contributed by atoms with E-state index >= 15 is 0 Å². The summed E-state index contributed by atoms with van der Waals surface area (Å²) < 4.78 is 0. The predicted molar refractivity (Wildman–Crippen MR) is 91.9 cm³/mol. The number of amides is 3. The molecule has 3 rings (SSSR count). The minimum absolute atomic E-state index is 0.217. The van der Waals surface area contributed by atoms with Crippen molar-refractivity contribution in [3.05, 3.63) is 5.82 Å². The van der Waals surface area contributed by atoms with E-state index in [0.29, 0.717) is 16.8 Å². The van der Waals surface area contributed by atoms with Crippen LogP contribution in [0.15, 0.2) is 5.16 Å². The maximum atomic E-state index is 11.8. The van der Waals surface area contributed by atoms with Crippen LogP contribution in [0, 0.1) is 0 Å². The number of hydrogen-bond acceptors (Lipinski definition) is 5. The molecule has 1 heterocycles. The van der Waals surface area contributed by atoms with Crippen molar-refractivity contribution in [3.63, 3.8) is 0 Å². The highest BCUT2D eigenvalue weighted by molar-refractivity contribution is 7.99. The van der Waals surface area contributed by atoms with Crippen LogP contribution in [0.3, 0.4) is 0 Å². The lowest BCUT2D eigenvalue weighted by atomic mass is 10.1. The molecule has 2 aliphatic rings. The second-order valence-corrected chi connectivity index (χ2v) is 7.65. The minimum Gasteiger partial charge on any atom is -0.335 e. The van der Waals surface area contributed by atoms with Gasteiger partial charge in [-0.2, -0.15) is 0 Å². The Kier molecular flexibility index (Phi) is 6.12. The summed E-state index contributed by atoms with van der Waals surface area (Å²) in [5.41, 5.74) is 0. The van der Waals surface area contributed by atoms with Gasteiger partial charge in [0.15, 0.2) is 0 Å². The molecule has 8 heteroatoms. The molecule has 0 bridgehead atoms. The van der Waals surface area contributed by atoms with Crippen LogP contribution < -0.4 is 10.6 Å². The average Bonchev–Trinajstić information content (AvgIpc) is 3.29. The molecule has 7 nitrogen and oxygen atoms in total. The van der Waals surface area contributed by atoms with Crippen LogP contribution in [0.25, 0.3) is 0 Å². The number of rotatable bonds is 6. The maximum Gasteiger partial charge on any atom is 0.321 e. The van der Waals surface area contributed by atoms with Gasteiger partial charge in [-0.05, 0) is 25.7 Å². The van der Waals surface area contributed by atoms with Gasteiger partial charge in [-0.1, -0.05) is 37.4 Å². The molecule has 1 aromatic rings. The third-order valence-corrected chi connectivity index (χ3v) is 5.58. The van der Waals surface area contributed by atoms with Crippen molar-refractivity contribution >= 4 is 23.7 Å². The van der Waals surface area contributed by atoms with Crippen molar-refractivity contribution in [2.24, 2.45) is 0 Å². The van der Waals surface area contributed by atoms with E-state index in [1.54, 1.807) is 0 Å². The monoisotopic (exact) mass is 351 g/mol. The minimum atomic E-state index is -0.377. The molecule has 132 valence electrons. The first-order valence-corrected chi connectivity index (χ1v) is 9.84. The summed E-state index contributed by atoms with van der Waals surface area (Å²) in [6, 6.07) is -0.159. The SMILES string of the molecule is O=C(CCSc1n[nH]c(C2CCCC2)n1)NC(=O)NC1CCCC1. The van der Waals surface area contributed by atoms with E-state index in [9.17, 15) is 9.59 Å².